The fourth-order valence-electron chi connectivity index (χ4n) is 3.67. The van der Waals surface area contributed by atoms with Gasteiger partial charge in [0.05, 0.1) is 6.04 Å². The Morgan fingerprint density at radius 2 is 2.20 bits per heavy atom. The van der Waals surface area contributed by atoms with E-state index in [1.54, 1.807) is 0 Å². The Bertz CT molecular complexity index is 431. The van der Waals surface area contributed by atoms with Crippen molar-refractivity contribution in [3.05, 3.63) is 23.7 Å². The van der Waals surface area contributed by atoms with Crippen LogP contribution in [0.5, 0.6) is 0 Å². The number of aryl methyl sites for hydroxylation is 1. The first-order chi connectivity index (χ1) is 9.81. The molecule has 3 rings (SSSR count). The minimum atomic E-state index is 0.249. The Morgan fingerprint density at radius 1 is 1.30 bits per heavy atom. The van der Waals surface area contributed by atoms with Crippen LogP contribution in [0.15, 0.2) is 16.5 Å². The number of nitrogens with two attached hydrogens (primary N) is 1. The fraction of sp³-hybridized carbons (Fsp3) is 0.750. The molecule has 2 saturated heterocycles. The zero-order valence-corrected chi connectivity index (χ0v) is 12.6. The summed E-state index contributed by atoms with van der Waals surface area (Å²) in [6.07, 6.45) is 5.04. The predicted octanol–water partition coefficient (Wildman–Crippen LogP) is 2.01. The molecule has 1 aromatic heterocycles. The first-order valence-corrected chi connectivity index (χ1v) is 8.08. The van der Waals surface area contributed by atoms with Gasteiger partial charge >= 0.3 is 0 Å². The second-order valence-corrected chi connectivity index (χ2v) is 6.09. The van der Waals surface area contributed by atoms with Crippen LogP contribution in [-0.2, 0) is 6.42 Å². The van der Waals surface area contributed by atoms with E-state index in [-0.39, 0.29) is 6.04 Å². The molecule has 0 spiro atoms. The second kappa shape index (κ2) is 6.29. The number of piperazine rings is 1. The molecule has 4 heteroatoms. The Kier molecular flexibility index (Phi) is 4.44. The highest BCUT2D eigenvalue weighted by atomic mass is 16.3. The predicted molar refractivity (Wildman–Crippen MR) is 80.7 cm³/mol. The highest BCUT2D eigenvalue weighted by molar-refractivity contribution is 5.12. The van der Waals surface area contributed by atoms with Gasteiger partial charge in [-0.05, 0) is 31.5 Å². The monoisotopic (exact) mass is 277 g/mol. The molecule has 2 N–H and O–H groups in total. The Morgan fingerprint density at radius 3 is 2.95 bits per heavy atom. The van der Waals surface area contributed by atoms with E-state index in [0.717, 1.165) is 37.1 Å². The summed E-state index contributed by atoms with van der Waals surface area (Å²) in [5.74, 6) is 2.11. The van der Waals surface area contributed by atoms with Gasteiger partial charge in [-0.3, -0.25) is 9.80 Å². The van der Waals surface area contributed by atoms with Crippen LogP contribution in [0.4, 0.5) is 0 Å². The van der Waals surface area contributed by atoms with Crippen molar-refractivity contribution in [3.63, 3.8) is 0 Å². The molecular formula is C16H27N3O. The molecule has 4 nitrogen and oxygen atoms in total. The molecule has 2 fully saturated rings. The summed E-state index contributed by atoms with van der Waals surface area (Å²) in [5.41, 5.74) is 6.04. The molecule has 0 bridgehead atoms. The molecule has 0 aromatic carbocycles. The average molecular weight is 277 g/mol. The SMILES string of the molecule is CCc1ccc(C(CN)N2CCN3CCCCC3C2)o1. The van der Waals surface area contributed by atoms with Crippen molar-refractivity contribution in [2.75, 3.05) is 32.7 Å². The maximum Gasteiger partial charge on any atom is 0.122 e. The largest absolute Gasteiger partial charge is 0.464 e. The van der Waals surface area contributed by atoms with Gasteiger partial charge in [-0.15, -0.1) is 0 Å². The van der Waals surface area contributed by atoms with Crippen LogP contribution < -0.4 is 5.73 Å². The topological polar surface area (TPSA) is 45.6 Å². The first kappa shape index (κ1) is 14.1. The number of hydrogen-bond donors (Lipinski definition) is 1. The van der Waals surface area contributed by atoms with Gasteiger partial charge in [0.1, 0.15) is 11.5 Å². The van der Waals surface area contributed by atoms with Crippen molar-refractivity contribution in [2.45, 2.75) is 44.7 Å². The van der Waals surface area contributed by atoms with Gasteiger partial charge in [0.2, 0.25) is 0 Å². The molecule has 0 amide bonds. The van der Waals surface area contributed by atoms with Gasteiger partial charge in [0, 0.05) is 38.6 Å². The zero-order valence-electron chi connectivity index (χ0n) is 12.6. The van der Waals surface area contributed by atoms with Crippen LogP contribution in [0.2, 0.25) is 0 Å². The van der Waals surface area contributed by atoms with Crippen molar-refractivity contribution in [3.8, 4) is 0 Å². The molecule has 0 radical (unpaired) electrons. The number of furan rings is 1. The molecule has 2 unspecified atom stereocenters. The van der Waals surface area contributed by atoms with E-state index in [4.69, 9.17) is 10.2 Å². The van der Waals surface area contributed by atoms with Crippen molar-refractivity contribution in [2.24, 2.45) is 5.73 Å². The van der Waals surface area contributed by atoms with Crippen LogP contribution in [0.25, 0.3) is 0 Å². The van der Waals surface area contributed by atoms with E-state index in [1.165, 1.54) is 32.4 Å². The molecule has 1 aromatic rings. The van der Waals surface area contributed by atoms with Crippen LogP contribution in [0.1, 0.15) is 43.7 Å². The normalized spacial score (nSPS) is 26.4. The van der Waals surface area contributed by atoms with Crippen molar-refractivity contribution in [1.82, 2.24) is 9.80 Å². The molecule has 0 aliphatic carbocycles. The van der Waals surface area contributed by atoms with Gasteiger partial charge < -0.3 is 10.2 Å². The van der Waals surface area contributed by atoms with Crippen molar-refractivity contribution < 1.29 is 4.42 Å². The standard InChI is InChI=1S/C16H27N3O/c1-2-14-6-7-16(20-14)15(11-17)19-10-9-18-8-4-3-5-13(18)12-19/h6-7,13,15H,2-5,8-12,17H2,1H3. The van der Waals surface area contributed by atoms with Gasteiger partial charge in [-0.2, -0.15) is 0 Å². The summed E-state index contributed by atoms with van der Waals surface area (Å²) in [6, 6.07) is 5.19. The molecule has 2 atom stereocenters. The number of piperidine rings is 1. The maximum absolute atomic E-state index is 6.04. The van der Waals surface area contributed by atoms with Gasteiger partial charge in [0.15, 0.2) is 0 Å². The van der Waals surface area contributed by atoms with Crippen LogP contribution in [-0.4, -0.2) is 48.6 Å². The second-order valence-electron chi connectivity index (χ2n) is 6.09. The Hall–Kier alpha value is -0.840. The van der Waals surface area contributed by atoms with E-state index in [1.807, 2.05) is 0 Å². The molecule has 0 saturated carbocycles. The smallest absolute Gasteiger partial charge is 0.122 e. The fourth-order valence-corrected chi connectivity index (χ4v) is 3.67. The summed E-state index contributed by atoms with van der Waals surface area (Å²) >= 11 is 0. The molecule has 2 aliphatic heterocycles. The third kappa shape index (κ3) is 2.78. The Balaban J connectivity index is 1.69. The van der Waals surface area contributed by atoms with Crippen LogP contribution in [0.3, 0.4) is 0 Å². The third-order valence-corrected chi connectivity index (χ3v) is 4.89. The molecule has 20 heavy (non-hydrogen) atoms. The van der Waals surface area contributed by atoms with E-state index < -0.39 is 0 Å². The molecule has 112 valence electrons. The number of rotatable bonds is 4. The lowest BCUT2D eigenvalue weighted by molar-refractivity contribution is 0.0237. The van der Waals surface area contributed by atoms with Crippen molar-refractivity contribution in [1.29, 1.82) is 0 Å². The molecule has 3 heterocycles. The summed E-state index contributed by atoms with van der Waals surface area (Å²) in [6.45, 7) is 7.49. The summed E-state index contributed by atoms with van der Waals surface area (Å²) in [4.78, 5) is 5.19. The molecule has 2 aliphatic rings. The van der Waals surface area contributed by atoms with E-state index >= 15 is 0 Å². The van der Waals surface area contributed by atoms with Crippen LogP contribution in [0, 0.1) is 0 Å². The van der Waals surface area contributed by atoms with Crippen LogP contribution >= 0.6 is 0 Å². The lowest BCUT2D eigenvalue weighted by atomic mass is 9.98. The van der Waals surface area contributed by atoms with Crippen molar-refractivity contribution >= 4 is 0 Å². The minimum Gasteiger partial charge on any atom is -0.464 e. The van der Waals surface area contributed by atoms with E-state index in [2.05, 4.69) is 28.9 Å². The van der Waals surface area contributed by atoms with Gasteiger partial charge in [0.25, 0.3) is 0 Å². The van der Waals surface area contributed by atoms with E-state index in [0.29, 0.717) is 6.54 Å². The number of fused-ring (bicyclic) bond motifs is 1. The summed E-state index contributed by atoms with van der Waals surface area (Å²) in [5, 5.41) is 0. The summed E-state index contributed by atoms with van der Waals surface area (Å²) in [7, 11) is 0. The van der Waals surface area contributed by atoms with Gasteiger partial charge in [-0.25, -0.2) is 0 Å². The van der Waals surface area contributed by atoms with Gasteiger partial charge in [-0.1, -0.05) is 13.3 Å². The molecular weight excluding hydrogens is 250 g/mol. The zero-order chi connectivity index (χ0) is 13.9. The number of hydrogen-bond acceptors (Lipinski definition) is 4. The minimum absolute atomic E-state index is 0.249. The maximum atomic E-state index is 6.04. The van der Waals surface area contributed by atoms with E-state index in [9.17, 15) is 0 Å². The third-order valence-electron chi connectivity index (χ3n) is 4.89. The Labute approximate surface area is 121 Å². The highest BCUT2D eigenvalue weighted by Gasteiger charge is 2.33. The quantitative estimate of drug-likeness (QED) is 0.914. The first-order valence-electron chi connectivity index (χ1n) is 8.08. The average Bonchev–Trinajstić information content (AvgIpc) is 2.97. The lowest BCUT2D eigenvalue weighted by Gasteiger charge is -2.46. The summed E-state index contributed by atoms with van der Waals surface area (Å²) < 4.78 is 5.94. The number of nitrogens with zero attached hydrogens (tertiary/aromatic N) is 2. The lowest BCUT2D eigenvalue weighted by Crippen LogP contribution is -2.56. The highest BCUT2D eigenvalue weighted by Crippen LogP contribution is 2.28.